The minimum Gasteiger partial charge on any atom is -0.480 e. The summed E-state index contributed by atoms with van der Waals surface area (Å²) in [6, 6.07) is 10.5. The van der Waals surface area contributed by atoms with Gasteiger partial charge in [-0.25, -0.2) is 0 Å². The topological polar surface area (TPSA) is 12.5 Å². The molecule has 2 heteroatoms. The van der Waals surface area contributed by atoms with Gasteiger partial charge in [0.05, 0.1) is 6.26 Å². The summed E-state index contributed by atoms with van der Waals surface area (Å²) in [5.74, 6) is 0. The molecule has 0 spiro atoms. The molecule has 0 N–H and O–H groups in total. The third-order valence-electron chi connectivity index (χ3n) is 3.15. The first-order chi connectivity index (χ1) is 8.24. The number of nitrogens with zero attached hydrogens (tertiary/aromatic N) is 1. The van der Waals surface area contributed by atoms with Gasteiger partial charge in [0.15, 0.2) is 5.72 Å². The number of ether oxygens (including phenoxy) is 1. The lowest BCUT2D eigenvalue weighted by Gasteiger charge is -2.36. The van der Waals surface area contributed by atoms with Crippen LogP contribution in [0.2, 0.25) is 0 Å². The predicted molar refractivity (Wildman–Crippen MR) is 70.3 cm³/mol. The molecule has 0 radical (unpaired) electrons. The van der Waals surface area contributed by atoms with Crippen LogP contribution in [0.4, 0.5) is 0 Å². The Balaban J connectivity index is 2.10. The SMILES string of the molecule is C=CCN(Cc1ccccc1)C1(C)CC=CO1. The first kappa shape index (κ1) is 11.9. The molecule has 2 nitrogen and oxygen atoms in total. The Bertz CT molecular complexity index is 389. The van der Waals surface area contributed by atoms with Crippen molar-refractivity contribution in [3.8, 4) is 0 Å². The summed E-state index contributed by atoms with van der Waals surface area (Å²) in [5, 5.41) is 0. The Morgan fingerprint density at radius 2 is 2.18 bits per heavy atom. The summed E-state index contributed by atoms with van der Waals surface area (Å²) in [5.41, 5.74) is 1.07. The fraction of sp³-hybridized carbons (Fsp3) is 0.333. The van der Waals surface area contributed by atoms with Crippen molar-refractivity contribution < 1.29 is 4.74 Å². The fourth-order valence-corrected chi connectivity index (χ4v) is 2.10. The summed E-state index contributed by atoms with van der Waals surface area (Å²) in [6.07, 6.45) is 6.71. The van der Waals surface area contributed by atoms with E-state index >= 15 is 0 Å². The molecule has 1 aromatic carbocycles. The molecule has 0 saturated heterocycles. The summed E-state index contributed by atoms with van der Waals surface area (Å²) >= 11 is 0. The Morgan fingerprint density at radius 1 is 1.41 bits per heavy atom. The molecule has 0 fully saturated rings. The van der Waals surface area contributed by atoms with Gasteiger partial charge in [0.1, 0.15) is 0 Å². The van der Waals surface area contributed by atoms with Crippen molar-refractivity contribution in [2.75, 3.05) is 6.54 Å². The van der Waals surface area contributed by atoms with Crippen LogP contribution in [0.1, 0.15) is 18.9 Å². The van der Waals surface area contributed by atoms with Gasteiger partial charge >= 0.3 is 0 Å². The van der Waals surface area contributed by atoms with Crippen molar-refractivity contribution in [1.82, 2.24) is 4.90 Å². The fourth-order valence-electron chi connectivity index (χ4n) is 2.10. The van der Waals surface area contributed by atoms with E-state index in [1.54, 1.807) is 6.26 Å². The molecule has 1 aliphatic rings. The molecule has 17 heavy (non-hydrogen) atoms. The largest absolute Gasteiger partial charge is 0.480 e. The Hall–Kier alpha value is -1.54. The monoisotopic (exact) mass is 229 g/mol. The third kappa shape index (κ3) is 2.77. The lowest BCUT2D eigenvalue weighted by molar-refractivity contribution is -0.0851. The van der Waals surface area contributed by atoms with E-state index < -0.39 is 0 Å². The maximum absolute atomic E-state index is 5.72. The maximum Gasteiger partial charge on any atom is 0.163 e. The van der Waals surface area contributed by atoms with Crippen molar-refractivity contribution >= 4 is 0 Å². The van der Waals surface area contributed by atoms with Gasteiger partial charge in [0.2, 0.25) is 0 Å². The normalized spacial score (nSPS) is 22.7. The zero-order valence-electron chi connectivity index (χ0n) is 10.3. The van der Waals surface area contributed by atoms with E-state index in [1.165, 1.54) is 5.56 Å². The molecular formula is C15H19NO. The summed E-state index contributed by atoms with van der Waals surface area (Å²) in [6.45, 7) is 7.66. The van der Waals surface area contributed by atoms with Crippen molar-refractivity contribution in [3.63, 3.8) is 0 Å². The average molecular weight is 229 g/mol. The van der Waals surface area contributed by atoms with Gasteiger partial charge in [-0.1, -0.05) is 36.4 Å². The smallest absolute Gasteiger partial charge is 0.163 e. The molecule has 0 saturated carbocycles. The van der Waals surface area contributed by atoms with E-state index in [0.29, 0.717) is 0 Å². The summed E-state index contributed by atoms with van der Waals surface area (Å²) in [7, 11) is 0. The van der Waals surface area contributed by atoms with Crippen LogP contribution in [0.15, 0.2) is 55.3 Å². The van der Waals surface area contributed by atoms with Gasteiger partial charge in [-0.05, 0) is 18.6 Å². The molecule has 1 atom stereocenters. The van der Waals surface area contributed by atoms with Crippen LogP contribution in [-0.4, -0.2) is 17.2 Å². The standard InChI is InChI=1S/C15H19NO/c1-3-11-16(15(2)10-7-12-17-15)13-14-8-5-4-6-9-14/h3-9,12H,1,10-11,13H2,2H3. The van der Waals surface area contributed by atoms with Gasteiger partial charge in [-0.2, -0.15) is 0 Å². The second-order valence-electron chi connectivity index (χ2n) is 4.52. The zero-order chi connectivity index (χ0) is 12.1. The van der Waals surface area contributed by atoms with Crippen LogP contribution >= 0.6 is 0 Å². The van der Waals surface area contributed by atoms with Crippen LogP contribution in [-0.2, 0) is 11.3 Å². The first-order valence-corrected chi connectivity index (χ1v) is 5.97. The van der Waals surface area contributed by atoms with Crippen LogP contribution in [0, 0.1) is 0 Å². The second kappa shape index (κ2) is 5.19. The van der Waals surface area contributed by atoms with Crippen LogP contribution < -0.4 is 0 Å². The lowest BCUT2D eigenvalue weighted by atomic mass is 10.1. The second-order valence-corrected chi connectivity index (χ2v) is 4.52. The number of benzene rings is 1. The average Bonchev–Trinajstić information content (AvgIpc) is 2.78. The van der Waals surface area contributed by atoms with Gasteiger partial charge in [-0.15, -0.1) is 6.58 Å². The van der Waals surface area contributed by atoms with Crippen molar-refractivity contribution in [1.29, 1.82) is 0 Å². The Morgan fingerprint density at radius 3 is 2.76 bits per heavy atom. The highest BCUT2D eigenvalue weighted by Gasteiger charge is 2.33. The minimum atomic E-state index is -0.232. The van der Waals surface area contributed by atoms with E-state index in [9.17, 15) is 0 Å². The highest BCUT2D eigenvalue weighted by Crippen LogP contribution is 2.28. The van der Waals surface area contributed by atoms with Gasteiger partial charge < -0.3 is 4.74 Å². The molecule has 1 aromatic rings. The van der Waals surface area contributed by atoms with Gasteiger partial charge in [0, 0.05) is 19.5 Å². The Kier molecular flexibility index (Phi) is 3.64. The number of hydrogen-bond donors (Lipinski definition) is 0. The third-order valence-corrected chi connectivity index (χ3v) is 3.15. The van der Waals surface area contributed by atoms with Crippen molar-refractivity contribution in [3.05, 3.63) is 60.9 Å². The van der Waals surface area contributed by atoms with Crippen LogP contribution in [0.5, 0.6) is 0 Å². The lowest BCUT2D eigenvalue weighted by Crippen LogP contribution is -2.45. The molecular weight excluding hydrogens is 210 g/mol. The van der Waals surface area contributed by atoms with Crippen LogP contribution in [0.3, 0.4) is 0 Å². The van der Waals surface area contributed by atoms with Crippen molar-refractivity contribution in [2.45, 2.75) is 25.6 Å². The summed E-state index contributed by atoms with van der Waals surface area (Å²) in [4.78, 5) is 2.30. The molecule has 0 amide bonds. The molecule has 1 aliphatic heterocycles. The predicted octanol–water partition coefficient (Wildman–Crippen LogP) is 3.32. The van der Waals surface area contributed by atoms with E-state index in [-0.39, 0.29) is 5.72 Å². The Labute approximate surface area is 103 Å². The molecule has 0 bridgehead atoms. The highest BCUT2D eigenvalue weighted by molar-refractivity contribution is 5.15. The molecule has 90 valence electrons. The van der Waals surface area contributed by atoms with Gasteiger partial charge in [-0.3, -0.25) is 4.90 Å². The molecule has 2 rings (SSSR count). The molecule has 1 unspecified atom stereocenters. The van der Waals surface area contributed by atoms with Gasteiger partial charge in [0.25, 0.3) is 0 Å². The summed E-state index contributed by atoms with van der Waals surface area (Å²) < 4.78 is 5.72. The quantitative estimate of drug-likeness (QED) is 0.718. The molecule has 1 heterocycles. The van der Waals surface area contributed by atoms with Crippen molar-refractivity contribution in [2.24, 2.45) is 0 Å². The first-order valence-electron chi connectivity index (χ1n) is 5.97. The van der Waals surface area contributed by atoms with E-state index in [2.05, 4.69) is 48.7 Å². The highest BCUT2D eigenvalue weighted by atomic mass is 16.5. The minimum absolute atomic E-state index is 0.232. The van der Waals surface area contributed by atoms with E-state index in [4.69, 9.17) is 4.74 Å². The van der Waals surface area contributed by atoms with E-state index in [1.807, 2.05) is 12.1 Å². The number of hydrogen-bond acceptors (Lipinski definition) is 2. The zero-order valence-corrected chi connectivity index (χ0v) is 10.3. The molecule has 0 aromatic heterocycles. The number of rotatable bonds is 5. The van der Waals surface area contributed by atoms with E-state index in [0.717, 1.165) is 19.5 Å². The maximum atomic E-state index is 5.72. The van der Waals surface area contributed by atoms with Crippen LogP contribution in [0.25, 0.3) is 0 Å². The molecule has 0 aliphatic carbocycles.